The topological polar surface area (TPSA) is 0 Å². The second kappa shape index (κ2) is 8.97. The molecule has 0 radical (unpaired) electrons. The highest BCUT2D eigenvalue weighted by Crippen LogP contribution is 2.17. The van der Waals surface area contributed by atoms with Crippen LogP contribution in [-0.2, 0) is 0 Å². The molecule has 0 aliphatic rings. The lowest BCUT2D eigenvalue weighted by atomic mass is 10.5. The average molecular weight is 243 g/mol. The predicted octanol–water partition coefficient (Wildman–Crippen LogP) is 3.09. The van der Waals surface area contributed by atoms with Crippen LogP contribution in [0.1, 0.15) is 13.8 Å². The van der Waals surface area contributed by atoms with Gasteiger partial charge in [-0.2, -0.15) is 48.8 Å². The summed E-state index contributed by atoms with van der Waals surface area (Å²) in [7, 11) is 0. The van der Waals surface area contributed by atoms with Crippen molar-refractivity contribution in [3.63, 3.8) is 0 Å². The van der Waals surface area contributed by atoms with Crippen molar-refractivity contribution in [3.8, 4) is 0 Å². The van der Waals surface area contributed by atoms with E-state index < -0.39 is 0 Å². The number of rotatable bonds is 7. The second-order valence-corrected chi connectivity index (χ2v) is 6.74. The average Bonchev–Trinajstić information content (AvgIpc) is 2.00. The summed E-state index contributed by atoms with van der Waals surface area (Å²) in [6, 6.07) is 0. The first-order valence-corrected chi connectivity index (χ1v) is 7.50. The molecule has 0 saturated carbocycles. The maximum atomic E-state index is 4.33. The molecule has 0 fully saturated rings. The molecule has 0 spiro atoms. The second-order valence-electron chi connectivity index (χ2n) is 2.79. The van der Waals surface area contributed by atoms with Crippen molar-refractivity contribution in [3.05, 3.63) is 0 Å². The Hall–Kier alpha value is 1.40. The van der Waals surface area contributed by atoms with E-state index in [-0.39, 0.29) is 0 Å². The van der Waals surface area contributed by atoms with E-state index in [1.54, 1.807) is 0 Å². The van der Waals surface area contributed by atoms with Crippen LogP contribution in [-0.4, -0.2) is 33.5 Å². The molecule has 74 valence electrons. The molecule has 0 aliphatic carbocycles. The first-order chi connectivity index (χ1) is 5.66. The predicted molar refractivity (Wildman–Crippen MR) is 71.5 cm³/mol. The Bertz CT molecular complexity index is 95.1. The summed E-state index contributed by atoms with van der Waals surface area (Å²) >= 11 is 12.5. The van der Waals surface area contributed by atoms with Gasteiger partial charge >= 0.3 is 0 Å². The smallest absolute Gasteiger partial charge is 0.0110 e. The maximum absolute atomic E-state index is 4.33. The lowest BCUT2D eigenvalue weighted by Gasteiger charge is -2.10. The monoisotopic (exact) mass is 242 g/mol. The molecule has 0 saturated heterocycles. The van der Waals surface area contributed by atoms with E-state index in [0.717, 1.165) is 16.8 Å². The van der Waals surface area contributed by atoms with Gasteiger partial charge in [0.25, 0.3) is 0 Å². The first-order valence-electron chi connectivity index (χ1n) is 4.15. The van der Waals surface area contributed by atoms with Gasteiger partial charge in [-0.3, -0.25) is 0 Å². The molecule has 0 heterocycles. The summed E-state index contributed by atoms with van der Waals surface area (Å²) in [6.07, 6.45) is 0. The summed E-state index contributed by atoms with van der Waals surface area (Å²) < 4.78 is 0. The van der Waals surface area contributed by atoms with E-state index in [1.807, 2.05) is 23.5 Å². The number of thioether (sulfide) groups is 2. The normalized spacial score (nSPS) is 16.0. The Kier molecular flexibility index (Phi) is 10.0. The van der Waals surface area contributed by atoms with Crippen molar-refractivity contribution < 1.29 is 0 Å². The van der Waals surface area contributed by atoms with Gasteiger partial charge in [-0.05, 0) is 5.75 Å². The summed E-state index contributed by atoms with van der Waals surface area (Å²) in [5, 5.41) is 1.28. The van der Waals surface area contributed by atoms with Gasteiger partial charge in [0, 0.05) is 27.8 Å². The molecule has 0 amide bonds. The number of hydrogen-bond acceptors (Lipinski definition) is 4. The SMILES string of the molecule is CC(S)CSCC(C)SCCS. The van der Waals surface area contributed by atoms with Gasteiger partial charge in [-0.1, -0.05) is 13.8 Å². The highest BCUT2D eigenvalue weighted by molar-refractivity contribution is 8.04. The molecule has 2 unspecified atom stereocenters. The van der Waals surface area contributed by atoms with Crippen LogP contribution in [0.15, 0.2) is 0 Å². The summed E-state index contributed by atoms with van der Waals surface area (Å²) in [5.74, 6) is 4.56. The molecule has 0 rings (SSSR count). The Balaban J connectivity index is 3.13. The van der Waals surface area contributed by atoms with Crippen LogP contribution in [0.5, 0.6) is 0 Å². The van der Waals surface area contributed by atoms with Crippen LogP contribution >= 0.6 is 48.8 Å². The van der Waals surface area contributed by atoms with Crippen LogP contribution in [0.2, 0.25) is 0 Å². The molecule has 2 atom stereocenters. The zero-order valence-corrected chi connectivity index (χ0v) is 11.1. The highest BCUT2D eigenvalue weighted by Gasteiger charge is 2.02. The molecule has 4 heteroatoms. The van der Waals surface area contributed by atoms with E-state index in [2.05, 4.69) is 39.1 Å². The Morgan fingerprint density at radius 3 is 2.42 bits per heavy atom. The minimum Gasteiger partial charge on any atom is -0.179 e. The zero-order valence-electron chi connectivity index (χ0n) is 7.69. The molecule has 0 bridgehead atoms. The molecule has 0 aromatic heterocycles. The Labute approximate surface area is 95.9 Å². The molecular formula is C8H18S4. The Morgan fingerprint density at radius 2 is 1.92 bits per heavy atom. The van der Waals surface area contributed by atoms with Gasteiger partial charge in [0.15, 0.2) is 0 Å². The summed E-state index contributed by atoms with van der Waals surface area (Å²) in [4.78, 5) is 0. The summed E-state index contributed by atoms with van der Waals surface area (Å²) in [6.45, 7) is 4.42. The van der Waals surface area contributed by atoms with Crippen LogP contribution in [0.3, 0.4) is 0 Å². The first kappa shape index (κ1) is 13.4. The number of thiol groups is 2. The van der Waals surface area contributed by atoms with Crippen molar-refractivity contribution in [1.29, 1.82) is 0 Å². The third kappa shape index (κ3) is 9.49. The molecule has 0 aromatic carbocycles. The Morgan fingerprint density at radius 1 is 1.25 bits per heavy atom. The fourth-order valence-corrected chi connectivity index (χ4v) is 3.33. The highest BCUT2D eigenvalue weighted by atomic mass is 32.2. The van der Waals surface area contributed by atoms with E-state index in [1.165, 1.54) is 11.5 Å². The molecule has 0 aliphatic heterocycles. The number of hydrogen-bond donors (Lipinski definition) is 2. The lowest BCUT2D eigenvalue weighted by Crippen LogP contribution is -2.05. The summed E-state index contributed by atoms with van der Waals surface area (Å²) in [5.41, 5.74) is 0. The van der Waals surface area contributed by atoms with E-state index in [4.69, 9.17) is 0 Å². The minimum absolute atomic E-state index is 0.525. The van der Waals surface area contributed by atoms with Crippen molar-refractivity contribution in [2.24, 2.45) is 0 Å². The van der Waals surface area contributed by atoms with Gasteiger partial charge in [0.2, 0.25) is 0 Å². The standard InChI is InChI=1S/C8H18S4/c1-7(10)5-11-6-8(2)12-4-3-9/h7-10H,3-6H2,1-2H3. The van der Waals surface area contributed by atoms with Crippen LogP contribution in [0.4, 0.5) is 0 Å². The molecule has 0 aromatic rings. The maximum Gasteiger partial charge on any atom is 0.0110 e. The fraction of sp³-hybridized carbons (Fsp3) is 1.00. The largest absolute Gasteiger partial charge is 0.179 e. The van der Waals surface area contributed by atoms with Crippen LogP contribution in [0, 0.1) is 0 Å². The molecule has 0 N–H and O–H groups in total. The van der Waals surface area contributed by atoms with Crippen LogP contribution in [0.25, 0.3) is 0 Å². The van der Waals surface area contributed by atoms with Crippen molar-refractivity contribution in [2.45, 2.75) is 24.3 Å². The van der Waals surface area contributed by atoms with Crippen molar-refractivity contribution in [2.75, 3.05) is 23.0 Å². The van der Waals surface area contributed by atoms with Gasteiger partial charge in [0.05, 0.1) is 0 Å². The van der Waals surface area contributed by atoms with Gasteiger partial charge < -0.3 is 0 Å². The van der Waals surface area contributed by atoms with Gasteiger partial charge in [-0.25, -0.2) is 0 Å². The molecule has 12 heavy (non-hydrogen) atoms. The lowest BCUT2D eigenvalue weighted by molar-refractivity contribution is 1.10. The van der Waals surface area contributed by atoms with Crippen molar-refractivity contribution in [1.82, 2.24) is 0 Å². The van der Waals surface area contributed by atoms with Crippen molar-refractivity contribution >= 4 is 48.8 Å². The van der Waals surface area contributed by atoms with E-state index in [0.29, 0.717) is 5.25 Å². The third-order valence-electron chi connectivity index (χ3n) is 1.21. The van der Waals surface area contributed by atoms with E-state index in [9.17, 15) is 0 Å². The van der Waals surface area contributed by atoms with Crippen LogP contribution < -0.4 is 0 Å². The quantitative estimate of drug-likeness (QED) is 0.659. The zero-order chi connectivity index (χ0) is 9.40. The van der Waals surface area contributed by atoms with Gasteiger partial charge in [0.1, 0.15) is 0 Å². The van der Waals surface area contributed by atoms with Gasteiger partial charge in [-0.15, -0.1) is 0 Å². The van der Waals surface area contributed by atoms with E-state index >= 15 is 0 Å². The third-order valence-corrected chi connectivity index (χ3v) is 5.02. The molecule has 0 nitrogen and oxygen atoms in total. The minimum atomic E-state index is 0.525. The molecular weight excluding hydrogens is 224 g/mol. The fourth-order valence-electron chi connectivity index (χ4n) is 0.707.